The summed E-state index contributed by atoms with van der Waals surface area (Å²) in [5.41, 5.74) is 0.403. The lowest BCUT2D eigenvalue weighted by Crippen LogP contribution is -2.45. The molecule has 1 N–H and O–H groups in total. The number of piperidine rings is 1. The molecule has 0 radical (unpaired) electrons. The van der Waals surface area contributed by atoms with E-state index < -0.39 is 0 Å². The van der Waals surface area contributed by atoms with Crippen LogP contribution in [0.15, 0.2) is 10.6 Å². The smallest absolute Gasteiger partial charge is 0.276 e. The number of piperazine rings is 1. The lowest BCUT2D eigenvalue weighted by atomic mass is 9.85. The molecule has 2 saturated heterocycles. The van der Waals surface area contributed by atoms with E-state index in [4.69, 9.17) is 4.52 Å². The van der Waals surface area contributed by atoms with Crippen LogP contribution in [0.1, 0.15) is 49.9 Å². The Morgan fingerprint density at radius 2 is 1.81 bits per heavy atom. The maximum Gasteiger partial charge on any atom is 0.276 e. The Bertz CT molecular complexity index is 602. The van der Waals surface area contributed by atoms with Crippen molar-refractivity contribution in [1.29, 1.82) is 0 Å². The third-order valence-corrected chi connectivity index (χ3v) is 6.06. The standard InChI is InChI=1S/C20H34N4O3/c1-4-22-9-11-23(12-10-22)14-17-13-18(21-27-17)20(26)24-7-5-16(6-8-24)19(25)15(2)3/h13,15-16,19,25H,4-12,14H2,1-3H3. The van der Waals surface area contributed by atoms with E-state index in [0.717, 1.165) is 51.3 Å². The second-order valence-corrected chi connectivity index (χ2v) is 8.25. The fraction of sp³-hybridized carbons (Fsp3) is 0.800. The highest BCUT2D eigenvalue weighted by Crippen LogP contribution is 2.25. The van der Waals surface area contributed by atoms with Gasteiger partial charge in [-0.2, -0.15) is 0 Å². The Balaban J connectivity index is 1.49. The Kier molecular flexibility index (Phi) is 6.89. The quantitative estimate of drug-likeness (QED) is 0.812. The van der Waals surface area contributed by atoms with E-state index in [2.05, 4.69) is 21.9 Å². The van der Waals surface area contributed by atoms with Gasteiger partial charge in [0.2, 0.25) is 0 Å². The largest absolute Gasteiger partial charge is 0.393 e. The fourth-order valence-corrected chi connectivity index (χ4v) is 4.12. The van der Waals surface area contributed by atoms with Crippen molar-refractivity contribution in [2.24, 2.45) is 11.8 Å². The maximum atomic E-state index is 12.7. The minimum Gasteiger partial charge on any atom is -0.393 e. The van der Waals surface area contributed by atoms with Gasteiger partial charge in [-0.3, -0.25) is 9.69 Å². The Morgan fingerprint density at radius 1 is 1.19 bits per heavy atom. The summed E-state index contributed by atoms with van der Waals surface area (Å²) in [5, 5.41) is 14.3. The average Bonchev–Trinajstić information content (AvgIpc) is 3.16. The molecule has 0 aromatic carbocycles. The fourth-order valence-electron chi connectivity index (χ4n) is 4.12. The molecule has 1 amide bonds. The molecule has 2 fully saturated rings. The summed E-state index contributed by atoms with van der Waals surface area (Å²) in [6, 6.07) is 1.80. The van der Waals surface area contributed by atoms with Gasteiger partial charge in [0.25, 0.3) is 5.91 Å². The van der Waals surface area contributed by atoms with Crippen molar-refractivity contribution in [3.05, 3.63) is 17.5 Å². The topological polar surface area (TPSA) is 73.0 Å². The molecule has 27 heavy (non-hydrogen) atoms. The van der Waals surface area contributed by atoms with Crippen molar-refractivity contribution in [3.8, 4) is 0 Å². The van der Waals surface area contributed by atoms with Crippen LogP contribution in [0, 0.1) is 11.8 Å². The summed E-state index contributed by atoms with van der Waals surface area (Å²) in [4.78, 5) is 19.3. The summed E-state index contributed by atoms with van der Waals surface area (Å²) < 4.78 is 5.43. The van der Waals surface area contributed by atoms with Crippen molar-refractivity contribution < 1.29 is 14.4 Å². The molecule has 1 aromatic heterocycles. The van der Waals surface area contributed by atoms with Gasteiger partial charge in [0.15, 0.2) is 11.5 Å². The number of likely N-dealkylation sites (N-methyl/N-ethyl adjacent to an activating group) is 1. The van der Waals surface area contributed by atoms with E-state index in [1.807, 2.05) is 18.7 Å². The molecule has 0 spiro atoms. The molecule has 3 heterocycles. The number of aliphatic hydroxyl groups excluding tert-OH is 1. The highest BCUT2D eigenvalue weighted by Gasteiger charge is 2.30. The first-order valence-corrected chi connectivity index (χ1v) is 10.4. The molecular formula is C20H34N4O3. The minimum absolute atomic E-state index is 0.0571. The highest BCUT2D eigenvalue weighted by atomic mass is 16.5. The lowest BCUT2D eigenvalue weighted by molar-refractivity contribution is 0.0258. The number of nitrogens with zero attached hydrogens (tertiary/aromatic N) is 4. The van der Waals surface area contributed by atoms with Crippen LogP contribution in [0.2, 0.25) is 0 Å². The van der Waals surface area contributed by atoms with Crippen molar-refractivity contribution >= 4 is 5.91 Å². The van der Waals surface area contributed by atoms with Crippen LogP contribution in [0.5, 0.6) is 0 Å². The maximum absolute atomic E-state index is 12.7. The van der Waals surface area contributed by atoms with E-state index in [-0.39, 0.29) is 23.8 Å². The zero-order chi connectivity index (χ0) is 19.4. The lowest BCUT2D eigenvalue weighted by Gasteiger charge is -2.35. The number of carbonyl (C=O) groups excluding carboxylic acids is 1. The molecule has 0 bridgehead atoms. The van der Waals surface area contributed by atoms with Crippen LogP contribution < -0.4 is 0 Å². The molecular weight excluding hydrogens is 344 g/mol. The second-order valence-electron chi connectivity index (χ2n) is 8.25. The van der Waals surface area contributed by atoms with Gasteiger partial charge in [-0.25, -0.2) is 0 Å². The van der Waals surface area contributed by atoms with Gasteiger partial charge in [0, 0.05) is 45.3 Å². The first-order chi connectivity index (χ1) is 13.0. The Morgan fingerprint density at radius 3 is 2.41 bits per heavy atom. The summed E-state index contributed by atoms with van der Waals surface area (Å²) in [6.45, 7) is 13.6. The first kappa shape index (κ1) is 20.3. The number of aliphatic hydroxyl groups is 1. The predicted octanol–water partition coefficient (Wildman–Crippen LogP) is 1.68. The molecule has 1 unspecified atom stereocenters. The van der Waals surface area contributed by atoms with Crippen LogP contribution in [0.25, 0.3) is 0 Å². The number of hydrogen-bond acceptors (Lipinski definition) is 6. The first-order valence-electron chi connectivity index (χ1n) is 10.4. The van der Waals surface area contributed by atoms with E-state index in [9.17, 15) is 9.90 Å². The van der Waals surface area contributed by atoms with Gasteiger partial charge in [0.05, 0.1) is 12.6 Å². The van der Waals surface area contributed by atoms with Gasteiger partial charge >= 0.3 is 0 Å². The van der Waals surface area contributed by atoms with Crippen molar-refractivity contribution in [2.45, 2.75) is 46.3 Å². The van der Waals surface area contributed by atoms with Gasteiger partial charge in [-0.15, -0.1) is 0 Å². The van der Waals surface area contributed by atoms with Gasteiger partial charge in [0.1, 0.15) is 0 Å². The van der Waals surface area contributed by atoms with Crippen LogP contribution in [0.4, 0.5) is 0 Å². The minimum atomic E-state index is -0.283. The van der Waals surface area contributed by atoms with Crippen LogP contribution >= 0.6 is 0 Å². The Hall–Kier alpha value is -1.44. The van der Waals surface area contributed by atoms with Gasteiger partial charge < -0.3 is 19.4 Å². The third kappa shape index (κ3) is 5.09. The summed E-state index contributed by atoms with van der Waals surface area (Å²) in [6.07, 6.45) is 1.41. The molecule has 0 aliphatic carbocycles. The van der Waals surface area contributed by atoms with E-state index in [0.29, 0.717) is 25.3 Å². The zero-order valence-electron chi connectivity index (χ0n) is 16.9. The SMILES string of the molecule is CCN1CCN(Cc2cc(C(=O)N3CCC(C(O)C(C)C)CC3)no2)CC1. The molecule has 2 aliphatic rings. The molecule has 7 nitrogen and oxygen atoms in total. The van der Waals surface area contributed by atoms with E-state index in [1.54, 1.807) is 6.07 Å². The highest BCUT2D eigenvalue weighted by molar-refractivity contribution is 5.92. The molecule has 152 valence electrons. The van der Waals surface area contributed by atoms with Crippen molar-refractivity contribution in [2.75, 3.05) is 45.8 Å². The molecule has 0 saturated carbocycles. The summed E-state index contributed by atoms with van der Waals surface area (Å²) >= 11 is 0. The molecule has 7 heteroatoms. The molecule has 1 aromatic rings. The third-order valence-electron chi connectivity index (χ3n) is 6.06. The Labute approximate surface area is 162 Å². The monoisotopic (exact) mass is 378 g/mol. The van der Waals surface area contributed by atoms with E-state index >= 15 is 0 Å². The normalized spacial score (nSPS) is 21.7. The van der Waals surface area contributed by atoms with Crippen LogP contribution in [-0.2, 0) is 6.54 Å². The summed E-state index contributed by atoms with van der Waals surface area (Å²) in [5.74, 6) is 1.24. The number of carbonyl (C=O) groups is 1. The summed E-state index contributed by atoms with van der Waals surface area (Å²) in [7, 11) is 0. The number of amides is 1. The second kappa shape index (κ2) is 9.17. The molecule has 3 rings (SSSR count). The van der Waals surface area contributed by atoms with Crippen molar-refractivity contribution in [1.82, 2.24) is 19.9 Å². The number of likely N-dealkylation sites (tertiary alicyclic amines) is 1. The van der Waals surface area contributed by atoms with Crippen molar-refractivity contribution in [3.63, 3.8) is 0 Å². The molecule has 2 aliphatic heterocycles. The predicted molar refractivity (Wildman–Crippen MR) is 103 cm³/mol. The van der Waals surface area contributed by atoms with Gasteiger partial charge in [-0.1, -0.05) is 25.9 Å². The number of aromatic nitrogens is 1. The van der Waals surface area contributed by atoms with Crippen LogP contribution in [-0.4, -0.2) is 82.8 Å². The number of rotatable bonds is 6. The average molecular weight is 379 g/mol. The van der Waals surface area contributed by atoms with Gasteiger partial charge in [-0.05, 0) is 31.2 Å². The van der Waals surface area contributed by atoms with E-state index in [1.165, 1.54) is 0 Å². The zero-order valence-corrected chi connectivity index (χ0v) is 16.9. The number of hydrogen-bond donors (Lipinski definition) is 1. The van der Waals surface area contributed by atoms with Crippen LogP contribution in [0.3, 0.4) is 0 Å². The molecule has 1 atom stereocenters.